The number of methoxy groups -OCH3 is 1. The van der Waals surface area contributed by atoms with Crippen LogP contribution in [0, 0.1) is 0 Å². The van der Waals surface area contributed by atoms with Crippen LogP contribution in [0.5, 0.6) is 5.75 Å². The SMILES string of the molecule is COc1ccc(CN2CC(N)C2)cc1Cl. The van der Waals surface area contributed by atoms with Crippen LogP contribution in [-0.2, 0) is 6.54 Å². The standard InChI is InChI=1S/C11H15ClN2O/c1-15-11-3-2-8(4-10(11)12)5-14-6-9(13)7-14/h2-4,9H,5-7,13H2,1H3. The molecule has 82 valence electrons. The molecule has 0 saturated carbocycles. The van der Waals surface area contributed by atoms with Crippen molar-refractivity contribution >= 4 is 11.6 Å². The summed E-state index contributed by atoms with van der Waals surface area (Å²) >= 11 is 6.03. The number of hydrogen-bond acceptors (Lipinski definition) is 3. The Hall–Kier alpha value is -0.770. The van der Waals surface area contributed by atoms with E-state index in [1.54, 1.807) is 7.11 Å². The molecule has 0 bridgehead atoms. The largest absolute Gasteiger partial charge is 0.495 e. The van der Waals surface area contributed by atoms with Gasteiger partial charge in [0, 0.05) is 25.7 Å². The highest BCUT2D eigenvalue weighted by Crippen LogP contribution is 2.26. The van der Waals surface area contributed by atoms with Crippen LogP contribution in [0.4, 0.5) is 0 Å². The molecular weight excluding hydrogens is 212 g/mol. The van der Waals surface area contributed by atoms with E-state index in [2.05, 4.69) is 4.90 Å². The minimum absolute atomic E-state index is 0.346. The monoisotopic (exact) mass is 226 g/mol. The summed E-state index contributed by atoms with van der Waals surface area (Å²) in [6, 6.07) is 6.23. The molecule has 4 heteroatoms. The highest BCUT2D eigenvalue weighted by atomic mass is 35.5. The van der Waals surface area contributed by atoms with Gasteiger partial charge in [-0.15, -0.1) is 0 Å². The molecule has 1 aliphatic rings. The van der Waals surface area contributed by atoms with Crippen LogP contribution in [0.2, 0.25) is 5.02 Å². The number of benzene rings is 1. The van der Waals surface area contributed by atoms with Gasteiger partial charge in [-0.3, -0.25) is 4.90 Å². The summed E-state index contributed by atoms with van der Waals surface area (Å²) in [4.78, 5) is 2.29. The van der Waals surface area contributed by atoms with Crippen LogP contribution in [0.25, 0.3) is 0 Å². The first-order valence-electron chi connectivity index (χ1n) is 4.99. The lowest BCUT2D eigenvalue weighted by molar-refractivity contribution is 0.142. The molecule has 0 radical (unpaired) electrons. The summed E-state index contributed by atoms with van der Waals surface area (Å²) in [7, 11) is 1.62. The van der Waals surface area contributed by atoms with Gasteiger partial charge in [-0.05, 0) is 17.7 Å². The number of halogens is 1. The van der Waals surface area contributed by atoms with E-state index < -0.39 is 0 Å². The lowest BCUT2D eigenvalue weighted by Crippen LogP contribution is -2.54. The highest BCUT2D eigenvalue weighted by molar-refractivity contribution is 6.32. The molecule has 1 saturated heterocycles. The first-order chi connectivity index (χ1) is 7.19. The maximum absolute atomic E-state index is 6.03. The summed E-state index contributed by atoms with van der Waals surface area (Å²) in [6.07, 6.45) is 0. The molecule has 0 atom stereocenters. The average Bonchev–Trinajstić information content (AvgIpc) is 2.16. The number of rotatable bonds is 3. The van der Waals surface area contributed by atoms with Gasteiger partial charge in [-0.25, -0.2) is 0 Å². The Morgan fingerprint density at radius 2 is 2.27 bits per heavy atom. The van der Waals surface area contributed by atoms with E-state index in [-0.39, 0.29) is 0 Å². The highest BCUT2D eigenvalue weighted by Gasteiger charge is 2.22. The molecule has 3 nitrogen and oxygen atoms in total. The summed E-state index contributed by atoms with van der Waals surface area (Å²) in [5.41, 5.74) is 6.91. The Kier molecular flexibility index (Phi) is 3.14. The molecular formula is C11H15ClN2O. The predicted octanol–water partition coefficient (Wildman–Crippen LogP) is 1.49. The molecule has 1 aromatic rings. The summed E-state index contributed by atoms with van der Waals surface area (Å²) in [6.45, 7) is 2.87. The lowest BCUT2D eigenvalue weighted by atomic mass is 10.1. The van der Waals surface area contributed by atoms with Crippen molar-refractivity contribution in [3.63, 3.8) is 0 Å². The van der Waals surface area contributed by atoms with E-state index in [9.17, 15) is 0 Å². The number of likely N-dealkylation sites (tertiary alicyclic amines) is 1. The van der Waals surface area contributed by atoms with Crippen LogP contribution in [-0.4, -0.2) is 31.1 Å². The van der Waals surface area contributed by atoms with Crippen LogP contribution in [0.3, 0.4) is 0 Å². The Morgan fingerprint density at radius 3 is 2.80 bits per heavy atom. The van der Waals surface area contributed by atoms with Crippen molar-refractivity contribution in [1.29, 1.82) is 0 Å². The smallest absolute Gasteiger partial charge is 0.137 e. The van der Waals surface area contributed by atoms with Crippen molar-refractivity contribution in [2.24, 2.45) is 5.73 Å². The third-order valence-electron chi connectivity index (χ3n) is 2.61. The fourth-order valence-corrected chi connectivity index (χ4v) is 2.09. The van der Waals surface area contributed by atoms with Gasteiger partial charge in [0.25, 0.3) is 0 Å². The Balaban J connectivity index is 2.00. The van der Waals surface area contributed by atoms with E-state index in [4.69, 9.17) is 22.1 Å². The molecule has 2 N–H and O–H groups in total. The second-order valence-corrected chi connectivity index (χ2v) is 4.33. The molecule has 0 aromatic heterocycles. The van der Waals surface area contributed by atoms with E-state index in [0.29, 0.717) is 11.1 Å². The Labute approximate surface area is 94.8 Å². The van der Waals surface area contributed by atoms with E-state index >= 15 is 0 Å². The first kappa shape index (κ1) is 10.7. The minimum Gasteiger partial charge on any atom is -0.495 e. The Bertz CT molecular complexity index is 350. The van der Waals surface area contributed by atoms with Crippen molar-refractivity contribution in [2.75, 3.05) is 20.2 Å². The van der Waals surface area contributed by atoms with Crippen molar-refractivity contribution in [3.05, 3.63) is 28.8 Å². The van der Waals surface area contributed by atoms with Gasteiger partial charge in [0.05, 0.1) is 12.1 Å². The second kappa shape index (κ2) is 4.39. The topological polar surface area (TPSA) is 38.5 Å². The van der Waals surface area contributed by atoms with Crippen molar-refractivity contribution in [2.45, 2.75) is 12.6 Å². The number of nitrogens with two attached hydrogens (primary N) is 1. The molecule has 1 heterocycles. The third-order valence-corrected chi connectivity index (χ3v) is 2.90. The molecule has 1 aliphatic heterocycles. The maximum Gasteiger partial charge on any atom is 0.137 e. The van der Waals surface area contributed by atoms with Crippen molar-refractivity contribution in [3.8, 4) is 5.75 Å². The number of hydrogen-bond donors (Lipinski definition) is 1. The summed E-state index contributed by atoms with van der Waals surface area (Å²) < 4.78 is 5.10. The fourth-order valence-electron chi connectivity index (χ4n) is 1.81. The van der Waals surface area contributed by atoms with Crippen LogP contribution < -0.4 is 10.5 Å². The van der Waals surface area contributed by atoms with Crippen molar-refractivity contribution < 1.29 is 4.74 Å². The molecule has 2 rings (SSSR count). The van der Waals surface area contributed by atoms with Gasteiger partial charge in [0.1, 0.15) is 5.75 Å². The minimum atomic E-state index is 0.346. The van der Waals surface area contributed by atoms with Crippen LogP contribution in [0.15, 0.2) is 18.2 Å². The number of nitrogens with zero attached hydrogens (tertiary/aromatic N) is 1. The summed E-state index contributed by atoms with van der Waals surface area (Å²) in [5.74, 6) is 0.723. The zero-order chi connectivity index (χ0) is 10.8. The van der Waals surface area contributed by atoms with Crippen molar-refractivity contribution in [1.82, 2.24) is 4.90 Å². The lowest BCUT2D eigenvalue weighted by Gasteiger charge is -2.36. The normalized spacial score (nSPS) is 17.5. The second-order valence-electron chi connectivity index (χ2n) is 3.92. The zero-order valence-corrected chi connectivity index (χ0v) is 9.50. The molecule has 0 aliphatic carbocycles. The summed E-state index contributed by atoms with van der Waals surface area (Å²) in [5, 5.41) is 0.667. The average molecular weight is 227 g/mol. The molecule has 0 amide bonds. The predicted molar refractivity (Wildman–Crippen MR) is 61.3 cm³/mol. The van der Waals surface area contributed by atoms with Gasteiger partial charge in [0.2, 0.25) is 0 Å². The quantitative estimate of drug-likeness (QED) is 0.849. The maximum atomic E-state index is 6.03. The molecule has 0 unspecified atom stereocenters. The fraction of sp³-hybridized carbons (Fsp3) is 0.455. The van der Waals surface area contributed by atoms with Gasteiger partial charge in [-0.2, -0.15) is 0 Å². The molecule has 0 spiro atoms. The third kappa shape index (κ3) is 2.43. The van der Waals surface area contributed by atoms with Gasteiger partial charge in [0.15, 0.2) is 0 Å². The molecule has 15 heavy (non-hydrogen) atoms. The van der Waals surface area contributed by atoms with Crippen LogP contribution in [0.1, 0.15) is 5.56 Å². The first-order valence-corrected chi connectivity index (χ1v) is 5.37. The van der Waals surface area contributed by atoms with Gasteiger partial charge < -0.3 is 10.5 Å². The van der Waals surface area contributed by atoms with Gasteiger partial charge in [-0.1, -0.05) is 17.7 Å². The molecule has 1 aromatic carbocycles. The Morgan fingerprint density at radius 1 is 1.53 bits per heavy atom. The van der Waals surface area contributed by atoms with Crippen LogP contribution >= 0.6 is 11.6 Å². The van der Waals surface area contributed by atoms with E-state index in [1.807, 2.05) is 18.2 Å². The van der Waals surface area contributed by atoms with Gasteiger partial charge >= 0.3 is 0 Å². The van der Waals surface area contributed by atoms with E-state index in [0.717, 1.165) is 25.4 Å². The zero-order valence-electron chi connectivity index (χ0n) is 8.74. The number of ether oxygens (including phenoxy) is 1. The molecule has 1 fully saturated rings. The van der Waals surface area contributed by atoms with E-state index in [1.165, 1.54) is 5.56 Å².